The standard InChI is InChI=1S/C30H22N4O2S.ClH/c1-34-20-33-18-29(34)30(37(35,36)19-22-11-9-21(16-31)10-12-22)24-13-14-25(17-32)28(15-24)27-8-4-6-23-5-2-3-7-26(23)27;/h2-15,18,20,30H,19H2,1H3;1H. The molecule has 0 N–H and O–H groups in total. The number of nitrogens with zero attached hydrogens (tertiary/aromatic N) is 4. The van der Waals surface area contributed by atoms with E-state index < -0.39 is 15.1 Å². The van der Waals surface area contributed by atoms with Crippen molar-refractivity contribution in [2.24, 2.45) is 7.05 Å². The van der Waals surface area contributed by atoms with Gasteiger partial charge in [-0.15, -0.1) is 12.4 Å². The van der Waals surface area contributed by atoms with Crippen molar-refractivity contribution >= 4 is 33.0 Å². The highest BCUT2D eigenvalue weighted by Gasteiger charge is 2.32. The van der Waals surface area contributed by atoms with Gasteiger partial charge in [-0.05, 0) is 51.7 Å². The third-order valence-corrected chi connectivity index (χ3v) is 8.45. The van der Waals surface area contributed by atoms with Crippen LogP contribution in [0.3, 0.4) is 0 Å². The van der Waals surface area contributed by atoms with Crippen LogP contribution < -0.4 is 0 Å². The number of sulfone groups is 1. The van der Waals surface area contributed by atoms with Gasteiger partial charge < -0.3 is 4.57 Å². The lowest BCUT2D eigenvalue weighted by Crippen LogP contribution is -2.19. The van der Waals surface area contributed by atoms with Crippen LogP contribution in [-0.2, 0) is 22.6 Å². The van der Waals surface area contributed by atoms with E-state index in [1.54, 1.807) is 60.5 Å². The predicted octanol–water partition coefficient (Wildman–Crippen LogP) is 6.11. The molecule has 1 unspecified atom stereocenters. The number of rotatable bonds is 6. The third-order valence-electron chi connectivity index (χ3n) is 6.48. The molecule has 0 saturated heterocycles. The van der Waals surface area contributed by atoms with Crippen LogP contribution in [0.4, 0.5) is 0 Å². The monoisotopic (exact) mass is 538 g/mol. The molecule has 0 saturated carbocycles. The van der Waals surface area contributed by atoms with E-state index in [0.717, 1.165) is 16.3 Å². The summed E-state index contributed by atoms with van der Waals surface area (Å²) in [4.78, 5) is 4.18. The number of fused-ring (bicyclic) bond motifs is 1. The summed E-state index contributed by atoms with van der Waals surface area (Å²) >= 11 is 0. The second-order valence-corrected chi connectivity index (χ2v) is 11.0. The molecule has 0 fully saturated rings. The highest BCUT2D eigenvalue weighted by Crippen LogP contribution is 2.37. The van der Waals surface area contributed by atoms with Crippen molar-refractivity contribution in [3.63, 3.8) is 0 Å². The van der Waals surface area contributed by atoms with Crippen LogP contribution in [-0.4, -0.2) is 18.0 Å². The molecule has 0 spiro atoms. The van der Waals surface area contributed by atoms with Gasteiger partial charge in [0.25, 0.3) is 0 Å². The Morgan fingerprint density at radius 1 is 0.895 bits per heavy atom. The quantitative estimate of drug-likeness (QED) is 0.260. The summed E-state index contributed by atoms with van der Waals surface area (Å²) < 4.78 is 29.6. The molecule has 1 aromatic heterocycles. The highest BCUT2D eigenvalue weighted by molar-refractivity contribution is 7.91. The zero-order valence-corrected chi connectivity index (χ0v) is 22.1. The van der Waals surface area contributed by atoms with Crippen LogP contribution in [0.15, 0.2) is 97.5 Å². The Morgan fingerprint density at radius 3 is 2.32 bits per heavy atom. The van der Waals surface area contributed by atoms with E-state index in [2.05, 4.69) is 17.1 Å². The lowest BCUT2D eigenvalue weighted by atomic mass is 9.92. The summed E-state index contributed by atoms with van der Waals surface area (Å²) in [5.74, 6) is -0.210. The van der Waals surface area contributed by atoms with Gasteiger partial charge in [-0.1, -0.05) is 60.7 Å². The van der Waals surface area contributed by atoms with Crippen molar-refractivity contribution in [3.8, 4) is 23.3 Å². The van der Waals surface area contributed by atoms with Crippen molar-refractivity contribution in [1.82, 2.24) is 9.55 Å². The fourth-order valence-corrected chi connectivity index (χ4v) is 6.66. The van der Waals surface area contributed by atoms with Crippen LogP contribution in [0.2, 0.25) is 0 Å². The molecule has 0 aliphatic rings. The van der Waals surface area contributed by atoms with Crippen molar-refractivity contribution in [1.29, 1.82) is 10.5 Å². The fourth-order valence-electron chi connectivity index (χ4n) is 4.68. The summed E-state index contributed by atoms with van der Waals surface area (Å²) in [5.41, 5.74) is 4.15. The van der Waals surface area contributed by atoms with E-state index in [0.29, 0.717) is 33.5 Å². The van der Waals surface area contributed by atoms with Gasteiger partial charge in [0.1, 0.15) is 5.25 Å². The number of nitriles is 2. The largest absolute Gasteiger partial charge is 0.336 e. The predicted molar refractivity (Wildman–Crippen MR) is 150 cm³/mol. The minimum absolute atomic E-state index is 0. The second-order valence-electron chi connectivity index (χ2n) is 8.87. The first kappa shape index (κ1) is 26.6. The van der Waals surface area contributed by atoms with Crippen LogP contribution >= 0.6 is 12.4 Å². The first-order valence-electron chi connectivity index (χ1n) is 11.6. The van der Waals surface area contributed by atoms with Gasteiger partial charge in [-0.2, -0.15) is 10.5 Å². The first-order valence-corrected chi connectivity index (χ1v) is 13.3. The van der Waals surface area contributed by atoms with E-state index >= 15 is 0 Å². The van der Waals surface area contributed by atoms with Crippen molar-refractivity contribution in [2.45, 2.75) is 11.0 Å². The molecule has 5 rings (SSSR count). The number of halogens is 1. The number of aromatic nitrogens is 2. The molecule has 1 heterocycles. The smallest absolute Gasteiger partial charge is 0.167 e. The van der Waals surface area contributed by atoms with Gasteiger partial charge in [0.2, 0.25) is 0 Å². The average Bonchev–Trinajstić information content (AvgIpc) is 3.33. The van der Waals surface area contributed by atoms with Gasteiger partial charge in [-0.3, -0.25) is 0 Å². The summed E-state index contributed by atoms with van der Waals surface area (Å²) in [7, 11) is -2.02. The lowest BCUT2D eigenvalue weighted by molar-refractivity contribution is 0.585. The second kappa shape index (κ2) is 10.9. The summed E-state index contributed by atoms with van der Waals surface area (Å²) in [6.45, 7) is 0. The first-order chi connectivity index (χ1) is 17.9. The zero-order valence-electron chi connectivity index (χ0n) is 20.4. The Balaban J connectivity index is 0.00000336. The molecule has 8 heteroatoms. The van der Waals surface area contributed by atoms with E-state index in [9.17, 15) is 13.7 Å². The van der Waals surface area contributed by atoms with Gasteiger partial charge in [0, 0.05) is 18.8 Å². The van der Waals surface area contributed by atoms with Crippen LogP contribution in [0.25, 0.3) is 21.9 Å². The molecular formula is C30H23ClN4O2S. The maximum absolute atomic E-state index is 13.9. The molecule has 0 radical (unpaired) electrons. The lowest BCUT2D eigenvalue weighted by Gasteiger charge is -2.20. The van der Waals surface area contributed by atoms with Crippen molar-refractivity contribution in [2.75, 3.05) is 0 Å². The van der Waals surface area contributed by atoms with Crippen LogP contribution in [0.1, 0.15) is 33.2 Å². The minimum Gasteiger partial charge on any atom is -0.336 e. The maximum atomic E-state index is 13.9. The summed E-state index contributed by atoms with van der Waals surface area (Å²) in [5, 5.41) is 20.0. The van der Waals surface area contributed by atoms with Crippen LogP contribution in [0, 0.1) is 22.7 Å². The normalized spacial score (nSPS) is 11.8. The topological polar surface area (TPSA) is 99.5 Å². The van der Waals surface area contributed by atoms with E-state index in [1.807, 2.05) is 48.5 Å². The van der Waals surface area contributed by atoms with Gasteiger partial charge in [0.05, 0.1) is 41.0 Å². The van der Waals surface area contributed by atoms with Crippen molar-refractivity contribution in [3.05, 3.63) is 125 Å². The molecule has 0 bridgehead atoms. The fraction of sp³-hybridized carbons (Fsp3) is 0.100. The van der Waals surface area contributed by atoms with E-state index in [-0.39, 0.29) is 18.2 Å². The van der Waals surface area contributed by atoms with Gasteiger partial charge in [-0.25, -0.2) is 13.4 Å². The minimum atomic E-state index is -3.78. The van der Waals surface area contributed by atoms with E-state index in [1.165, 1.54) is 0 Å². The number of benzene rings is 4. The Morgan fingerprint density at radius 2 is 1.63 bits per heavy atom. The molecule has 0 aliphatic heterocycles. The molecule has 6 nitrogen and oxygen atoms in total. The zero-order chi connectivity index (χ0) is 26.0. The summed E-state index contributed by atoms with van der Waals surface area (Å²) in [6.07, 6.45) is 3.14. The molecule has 38 heavy (non-hydrogen) atoms. The Hall–Kier alpha value is -4.43. The molecular weight excluding hydrogens is 516 g/mol. The van der Waals surface area contributed by atoms with E-state index in [4.69, 9.17) is 5.26 Å². The average molecular weight is 539 g/mol. The third kappa shape index (κ3) is 5.03. The SMILES string of the molecule is Cl.Cn1cncc1C(c1ccc(C#N)c(-c2cccc3ccccc23)c1)S(=O)(=O)Cc1ccc(C#N)cc1. The molecule has 0 amide bonds. The Kier molecular flexibility index (Phi) is 7.64. The Labute approximate surface area is 227 Å². The van der Waals surface area contributed by atoms with Crippen molar-refractivity contribution < 1.29 is 8.42 Å². The molecule has 0 aliphatic carbocycles. The molecule has 4 aromatic carbocycles. The number of hydrogen-bond donors (Lipinski definition) is 0. The molecule has 5 aromatic rings. The van der Waals surface area contributed by atoms with Gasteiger partial charge in [0.15, 0.2) is 9.84 Å². The molecule has 188 valence electrons. The Bertz CT molecular complexity index is 1810. The van der Waals surface area contributed by atoms with Crippen LogP contribution in [0.5, 0.6) is 0 Å². The number of aryl methyl sites for hydroxylation is 1. The number of hydrogen-bond acceptors (Lipinski definition) is 5. The number of imidazole rings is 1. The molecule has 1 atom stereocenters. The maximum Gasteiger partial charge on any atom is 0.167 e. The summed E-state index contributed by atoms with van der Waals surface area (Å²) in [6, 6.07) is 29.9. The van der Waals surface area contributed by atoms with Gasteiger partial charge >= 0.3 is 0 Å². The highest BCUT2D eigenvalue weighted by atomic mass is 35.5.